The third kappa shape index (κ3) is 7.39. The SMILES string of the molecule is C=CCO[C@@H]1[C@@H](OC(C)=O)[C@@H](O)O[C@H](CSCc2ccccc2)[C@H]1SCc1ccccc1. The number of carbonyl (C=O) groups excluding carboxylic acids is 1. The molecule has 0 radical (unpaired) electrons. The lowest BCUT2D eigenvalue weighted by molar-refractivity contribution is -0.253. The normalized spacial score (nSPS) is 25.2. The Hall–Kier alpha value is -1.77. The Morgan fingerprint density at radius 1 is 1.06 bits per heavy atom. The summed E-state index contributed by atoms with van der Waals surface area (Å²) in [5, 5.41) is 10.5. The van der Waals surface area contributed by atoms with E-state index in [0.717, 1.165) is 11.5 Å². The molecule has 0 amide bonds. The van der Waals surface area contributed by atoms with E-state index in [1.807, 2.05) is 36.4 Å². The lowest BCUT2D eigenvalue weighted by atomic mass is 10.0. The van der Waals surface area contributed by atoms with Gasteiger partial charge in [-0.15, -0.1) is 18.3 Å². The zero-order valence-corrected chi connectivity index (χ0v) is 19.8. The van der Waals surface area contributed by atoms with Crippen LogP contribution in [0.2, 0.25) is 0 Å². The fourth-order valence-electron chi connectivity index (χ4n) is 3.55. The van der Waals surface area contributed by atoms with Gasteiger partial charge in [0, 0.05) is 24.2 Å². The third-order valence-corrected chi connectivity index (χ3v) is 7.56. The van der Waals surface area contributed by atoms with Crippen LogP contribution in [0.5, 0.6) is 0 Å². The molecule has 3 rings (SSSR count). The molecule has 2 aromatic rings. The molecular formula is C25H30O5S2. The van der Waals surface area contributed by atoms with E-state index in [1.54, 1.807) is 29.6 Å². The molecule has 5 nitrogen and oxygen atoms in total. The van der Waals surface area contributed by atoms with Crippen molar-refractivity contribution in [3.8, 4) is 0 Å². The van der Waals surface area contributed by atoms with E-state index in [2.05, 4.69) is 30.8 Å². The van der Waals surface area contributed by atoms with Gasteiger partial charge in [-0.25, -0.2) is 0 Å². The molecule has 1 saturated heterocycles. The van der Waals surface area contributed by atoms with Crippen molar-refractivity contribution in [2.75, 3.05) is 12.4 Å². The minimum absolute atomic E-state index is 0.133. The number of carbonyl (C=O) groups is 1. The Bertz CT molecular complexity index is 833. The molecule has 2 aromatic carbocycles. The molecule has 172 valence electrons. The van der Waals surface area contributed by atoms with Crippen LogP contribution in [0.15, 0.2) is 73.3 Å². The average molecular weight is 475 g/mol. The summed E-state index contributed by atoms with van der Waals surface area (Å²) < 4.78 is 17.5. The Labute approximate surface area is 198 Å². The predicted octanol–water partition coefficient (Wildman–Crippen LogP) is 4.44. The van der Waals surface area contributed by atoms with E-state index < -0.39 is 24.5 Å². The number of hydrogen-bond acceptors (Lipinski definition) is 7. The van der Waals surface area contributed by atoms with E-state index in [1.165, 1.54) is 18.1 Å². The number of ether oxygens (including phenoxy) is 3. The zero-order valence-electron chi connectivity index (χ0n) is 18.2. The van der Waals surface area contributed by atoms with E-state index >= 15 is 0 Å². The molecule has 0 unspecified atom stereocenters. The summed E-state index contributed by atoms with van der Waals surface area (Å²) in [7, 11) is 0. The third-order valence-electron chi connectivity index (χ3n) is 5.00. The standard InChI is InChI=1S/C25H30O5S2/c1-3-14-28-22-23(29-18(2)26)25(27)30-21(17-31-15-19-10-6-4-7-11-19)24(22)32-16-20-12-8-5-9-13-20/h3-13,21-25,27H,1,14-17H2,2H3/t21-,22-,23-,24-,25+/m1/s1. The first-order chi connectivity index (χ1) is 15.6. The van der Waals surface area contributed by atoms with Crippen LogP contribution in [-0.4, -0.2) is 53.3 Å². The summed E-state index contributed by atoms with van der Waals surface area (Å²) in [6.45, 7) is 5.35. The molecule has 1 heterocycles. The molecule has 5 atom stereocenters. The second-order valence-corrected chi connectivity index (χ2v) is 9.68. The molecule has 0 bridgehead atoms. The van der Waals surface area contributed by atoms with Crippen LogP contribution < -0.4 is 0 Å². The topological polar surface area (TPSA) is 65.0 Å². The second-order valence-electron chi connectivity index (χ2n) is 7.49. The minimum Gasteiger partial charge on any atom is -0.454 e. The van der Waals surface area contributed by atoms with Gasteiger partial charge in [-0.2, -0.15) is 11.8 Å². The number of hydrogen-bond donors (Lipinski definition) is 1. The van der Waals surface area contributed by atoms with Crippen LogP contribution in [0.3, 0.4) is 0 Å². The Kier molecular flexibility index (Phi) is 10.1. The van der Waals surface area contributed by atoms with Crippen LogP contribution in [0, 0.1) is 0 Å². The maximum atomic E-state index is 11.7. The molecule has 1 N–H and O–H groups in total. The Balaban J connectivity index is 1.75. The fraction of sp³-hybridized carbons (Fsp3) is 0.400. The van der Waals surface area contributed by atoms with Gasteiger partial charge in [0.25, 0.3) is 0 Å². The maximum absolute atomic E-state index is 11.7. The van der Waals surface area contributed by atoms with Gasteiger partial charge in [-0.1, -0.05) is 66.7 Å². The molecule has 0 spiro atoms. The van der Waals surface area contributed by atoms with Crippen molar-refractivity contribution < 1.29 is 24.1 Å². The predicted molar refractivity (Wildman–Crippen MR) is 130 cm³/mol. The molecule has 0 saturated carbocycles. The molecule has 1 fully saturated rings. The largest absolute Gasteiger partial charge is 0.454 e. The van der Waals surface area contributed by atoms with Crippen LogP contribution in [0.4, 0.5) is 0 Å². The van der Waals surface area contributed by atoms with Crippen LogP contribution in [0.25, 0.3) is 0 Å². The molecule has 7 heteroatoms. The van der Waals surface area contributed by atoms with Gasteiger partial charge in [0.05, 0.1) is 18.0 Å². The summed E-state index contributed by atoms with van der Waals surface area (Å²) in [6.07, 6.45) is -1.27. The Morgan fingerprint density at radius 2 is 1.69 bits per heavy atom. The van der Waals surface area contributed by atoms with Crippen molar-refractivity contribution in [1.82, 2.24) is 0 Å². The van der Waals surface area contributed by atoms with Gasteiger partial charge in [-0.3, -0.25) is 4.79 Å². The van der Waals surface area contributed by atoms with Gasteiger partial charge in [0.1, 0.15) is 6.10 Å². The Morgan fingerprint density at radius 3 is 2.28 bits per heavy atom. The average Bonchev–Trinajstić information content (AvgIpc) is 2.80. The highest BCUT2D eigenvalue weighted by atomic mass is 32.2. The van der Waals surface area contributed by atoms with Crippen molar-refractivity contribution in [3.63, 3.8) is 0 Å². The lowest BCUT2D eigenvalue weighted by Gasteiger charge is -2.44. The molecule has 1 aliphatic heterocycles. The van der Waals surface area contributed by atoms with E-state index in [4.69, 9.17) is 14.2 Å². The van der Waals surface area contributed by atoms with Crippen molar-refractivity contribution in [3.05, 3.63) is 84.4 Å². The van der Waals surface area contributed by atoms with Gasteiger partial charge in [0.2, 0.25) is 0 Å². The maximum Gasteiger partial charge on any atom is 0.303 e. The number of benzene rings is 2. The summed E-state index contributed by atoms with van der Waals surface area (Å²) in [6, 6.07) is 20.4. The van der Waals surface area contributed by atoms with Crippen molar-refractivity contribution >= 4 is 29.5 Å². The van der Waals surface area contributed by atoms with Crippen molar-refractivity contribution in [1.29, 1.82) is 0 Å². The number of rotatable bonds is 11. The van der Waals surface area contributed by atoms with Gasteiger partial charge in [-0.05, 0) is 11.1 Å². The van der Waals surface area contributed by atoms with E-state index in [0.29, 0.717) is 12.4 Å². The summed E-state index contributed by atoms with van der Waals surface area (Å²) in [5.74, 6) is 1.80. The van der Waals surface area contributed by atoms with Crippen LogP contribution in [-0.2, 0) is 30.5 Å². The summed E-state index contributed by atoms with van der Waals surface area (Å²) >= 11 is 3.44. The second kappa shape index (κ2) is 13.1. The van der Waals surface area contributed by atoms with Crippen LogP contribution >= 0.6 is 23.5 Å². The van der Waals surface area contributed by atoms with Crippen molar-refractivity contribution in [2.45, 2.75) is 48.3 Å². The first-order valence-electron chi connectivity index (χ1n) is 10.6. The smallest absolute Gasteiger partial charge is 0.303 e. The lowest BCUT2D eigenvalue weighted by Crippen LogP contribution is -2.59. The minimum atomic E-state index is -1.25. The van der Waals surface area contributed by atoms with Gasteiger partial charge >= 0.3 is 5.97 Å². The first-order valence-corrected chi connectivity index (χ1v) is 12.8. The molecule has 32 heavy (non-hydrogen) atoms. The number of aliphatic hydroxyl groups excluding tert-OH is 1. The van der Waals surface area contributed by atoms with Gasteiger partial charge < -0.3 is 19.3 Å². The summed E-state index contributed by atoms with van der Waals surface area (Å²) in [4.78, 5) is 11.7. The number of aliphatic hydroxyl groups is 1. The quantitative estimate of drug-likeness (QED) is 0.381. The highest BCUT2D eigenvalue weighted by molar-refractivity contribution is 7.99. The van der Waals surface area contributed by atoms with E-state index in [9.17, 15) is 9.90 Å². The molecular weight excluding hydrogens is 444 g/mol. The van der Waals surface area contributed by atoms with Gasteiger partial charge in [0.15, 0.2) is 12.4 Å². The monoisotopic (exact) mass is 474 g/mol. The molecule has 0 aliphatic carbocycles. The number of esters is 1. The first kappa shape index (κ1) is 24.9. The van der Waals surface area contributed by atoms with E-state index in [-0.39, 0.29) is 11.4 Å². The molecule has 0 aromatic heterocycles. The fourth-order valence-corrected chi connectivity index (χ4v) is 6.11. The zero-order chi connectivity index (χ0) is 22.8. The van der Waals surface area contributed by atoms with Crippen molar-refractivity contribution in [2.24, 2.45) is 0 Å². The number of thioether (sulfide) groups is 2. The highest BCUT2D eigenvalue weighted by Gasteiger charge is 2.48. The summed E-state index contributed by atoms with van der Waals surface area (Å²) in [5.41, 5.74) is 2.42. The molecule has 1 aliphatic rings. The highest BCUT2D eigenvalue weighted by Crippen LogP contribution is 2.36. The van der Waals surface area contributed by atoms with Crippen LogP contribution in [0.1, 0.15) is 18.1 Å².